The van der Waals surface area contributed by atoms with E-state index in [-0.39, 0.29) is 11.3 Å². The second-order valence-electron chi connectivity index (χ2n) is 6.07. The standard InChI is InChI=1S/C15H26N2O2S/c1-3-16-11-15(8-5-13(16)18)7-4-9-17(12-15)14(19)6-10-20-2/h3-12H2,1-2H3. The van der Waals surface area contributed by atoms with Crippen molar-refractivity contribution in [2.24, 2.45) is 5.41 Å². The molecule has 4 nitrogen and oxygen atoms in total. The first-order valence-corrected chi connectivity index (χ1v) is 9.04. The van der Waals surface area contributed by atoms with Gasteiger partial charge in [-0.3, -0.25) is 9.59 Å². The molecule has 1 spiro atoms. The van der Waals surface area contributed by atoms with Crippen LogP contribution in [0.3, 0.4) is 0 Å². The lowest BCUT2D eigenvalue weighted by Gasteiger charge is -2.48. The summed E-state index contributed by atoms with van der Waals surface area (Å²) in [7, 11) is 0. The van der Waals surface area contributed by atoms with Crippen molar-refractivity contribution in [1.29, 1.82) is 0 Å². The Balaban J connectivity index is 1.98. The predicted octanol–water partition coefficient (Wildman–Crippen LogP) is 1.99. The minimum absolute atomic E-state index is 0.164. The molecular weight excluding hydrogens is 272 g/mol. The third kappa shape index (κ3) is 3.48. The van der Waals surface area contributed by atoms with E-state index < -0.39 is 0 Å². The lowest BCUT2D eigenvalue weighted by molar-refractivity contribution is -0.142. The summed E-state index contributed by atoms with van der Waals surface area (Å²) in [6, 6.07) is 0. The van der Waals surface area contributed by atoms with Gasteiger partial charge in [0.1, 0.15) is 0 Å². The Morgan fingerprint density at radius 1 is 1.35 bits per heavy atom. The zero-order valence-electron chi connectivity index (χ0n) is 12.7. The van der Waals surface area contributed by atoms with Crippen LogP contribution in [0.1, 0.15) is 39.0 Å². The van der Waals surface area contributed by atoms with Crippen LogP contribution < -0.4 is 0 Å². The highest BCUT2D eigenvalue weighted by molar-refractivity contribution is 7.98. The zero-order valence-corrected chi connectivity index (χ0v) is 13.5. The number of carbonyl (C=O) groups excluding carboxylic acids is 2. The number of rotatable bonds is 4. The van der Waals surface area contributed by atoms with E-state index >= 15 is 0 Å². The Hall–Kier alpha value is -0.710. The highest BCUT2D eigenvalue weighted by Crippen LogP contribution is 2.38. The van der Waals surface area contributed by atoms with Gasteiger partial charge in [-0.2, -0.15) is 11.8 Å². The molecule has 1 atom stereocenters. The molecule has 2 aliphatic rings. The van der Waals surface area contributed by atoms with Gasteiger partial charge >= 0.3 is 0 Å². The smallest absolute Gasteiger partial charge is 0.223 e. The van der Waals surface area contributed by atoms with Crippen LogP contribution in [-0.2, 0) is 9.59 Å². The van der Waals surface area contributed by atoms with E-state index in [9.17, 15) is 9.59 Å². The largest absolute Gasteiger partial charge is 0.342 e. The highest BCUT2D eigenvalue weighted by atomic mass is 32.2. The van der Waals surface area contributed by atoms with Crippen LogP contribution in [0.25, 0.3) is 0 Å². The Morgan fingerprint density at radius 2 is 2.15 bits per heavy atom. The molecule has 0 aliphatic carbocycles. The van der Waals surface area contributed by atoms with E-state index in [1.807, 2.05) is 23.0 Å². The maximum Gasteiger partial charge on any atom is 0.223 e. The third-order valence-electron chi connectivity index (χ3n) is 4.66. The fourth-order valence-electron chi connectivity index (χ4n) is 3.49. The van der Waals surface area contributed by atoms with Crippen molar-refractivity contribution in [3.8, 4) is 0 Å². The summed E-state index contributed by atoms with van der Waals surface area (Å²) in [5.74, 6) is 1.48. The van der Waals surface area contributed by atoms with Crippen LogP contribution in [0.15, 0.2) is 0 Å². The molecule has 0 aromatic rings. The van der Waals surface area contributed by atoms with E-state index in [0.29, 0.717) is 18.7 Å². The Kier molecular flexibility index (Phi) is 5.35. The van der Waals surface area contributed by atoms with Crippen molar-refractivity contribution in [3.63, 3.8) is 0 Å². The van der Waals surface area contributed by atoms with Gasteiger partial charge in [0.15, 0.2) is 0 Å². The monoisotopic (exact) mass is 298 g/mol. The molecule has 5 heteroatoms. The van der Waals surface area contributed by atoms with E-state index in [0.717, 1.165) is 51.2 Å². The van der Waals surface area contributed by atoms with E-state index in [4.69, 9.17) is 0 Å². The molecule has 2 aliphatic heterocycles. The first kappa shape index (κ1) is 15.7. The fraction of sp³-hybridized carbons (Fsp3) is 0.867. The molecule has 1 unspecified atom stereocenters. The maximum absolute atomic E-state index is 12.2. The van der Waals surface area contributed by atoms with E-state index in [1.165, 1.54) is 0 Å². The molecule has 0 aromatic heterocycles. The van der Waals surface area contributed by atoms with Gasteiger partial charge in [0.25, 0.3) is 0 Å². The van der Waals surface area contributed by atoms with Crippen LogP contribution in [-0.4, -0.2) is 59.8 Å². The van der Waals surface area contributed by atoms with Gasteiger partial charge < -0.3 is 9.80 Å². The number of hydrogen-bond acceptors (Lipinski definition) is 3. The molecule has 0 aromatic carbocycles. The van der Waals surface area contributed by atoms with Gasteiger partial charge in [0, 0.05) is 50.2 Å². The van der Waals surface area contributed by atoms with Crippen molar-refractivity contribution < 1.29 is 9.59 Å². The average Bonchev–Trinajstić information content (AvgIpc) is 2.47. The number of thioether (sulfide) groups is 1. The molecule has 2 saturated heterocycles. The molecular formula is C15H26N2O2S. The Labute approximate surface area is 126 Å². The van der Waals surface area contributed by atoms with Crippen LogP contribution in [0.5, 0.6) is 0 Å². The molecule has 0 saturated carbocycles. The molecule has 0 bridgehead atoms. The molecule has 20 heavy (non-hydrogen) atoms. The number of likely N-dealkylation sites (tertiary alicyclic amines) is 2. The van der Waals surface area contributed by atoms with Crippen molar-refractivity contribution >= 4 is 23.6 Å². The van der Waals surface area contributed by atoms with E-state index in [1.54, 1.807) is 11.8 Å². The van der Waals surface area contributed by atoms with Crippen molar-refractivity contribution in [1.82, 2.24) is 9.80 Å². The SMILES string of the molecule is CCN1CC2(CCCN(C(=O)CCSC)C2)CCC1=O. The molecule has 2 rings (SSSR count). The first-order chi connectivity index (χ1) is 9.60. The van der Waals surface area contributed by atoms with Gasteiger partial charge in [-0.25, -0.2) is 0 Å². The summed E-state index contributed by atoms with van der Waals surface area (Å²) in [4.78, 5) is 28.1. The minimum Gasteiger partial charge on any atom is -0.342 e. The normalized spacial score (nSPS) is 27.2. The van der Waals surface area contributed by atoms with Crippen LogP contribution in [0, 0.1) is 5.41 Å². The van der Waals surface area contributed by atoms with Crippen LogP contribution >= 0.6 is 11.8 Å². The van der Waals surface area contributed by atoms with Crippen molar-refractivity contribution in [2.45, 2.75) is 39.0 Å². The fourth-order valence-corrected chi connectivity index (χ4v) is 3.87. The van der Waals surface area contributed by atoms with Crippen LogP contribution in [0.4, 0.5) is 0 Å². The van der Waals surface area contributed by atoms with Gasteiger partial charge in [0.2, 0.25) is 11.8 Å². The van der Waals surface area contributed by atoms with Crippen molar-refractivity contribution in [3.05, 3.63) is 0 Å². The molecule has 0 radical (unpaired) electrons. The van der Waals surface area contributed by atoms with Crippen LogP contribution in [0.2, 0.25) is 0 Å². The lowest BCUT2D eigenvalue weighted by Crippen LogP contribution is -2.55. The third-order valence-corrected chi connectivity index (χ3v) is 5.28. The Bertz CT molecular complexity index is 375. The van der Waals surface area contributed by atoms with E-state index in [2.05, 4.69) is 0 Å². The number of hydrogen-bond donors (Lipinski definition) is 0. The van der Waals surface area contributed by atoms with Gasteiger partial charge in [-0.1, -0.05) is 0 Å². The summed E-state index contributed by atoms with van der Waals surface area (Å²) >= 11 is 1.72. The molecule has 2 amide bonds. The number of amides is 2. The highest BCUT2D eigenvalue weighted by Gasteiger charge is 2.42. The lowest BCUT2D eigenvalue weighted by atomic mass is 9.73. The quantitative estimate of drug-likeness (QED) is 0.797. The predicted molar refractivity (Wildman–Crippen MR) is 82.7 cm³/mol. The van der Waals surface area contributed by atoms with Gasteiger partial charge in [-0.05, 0) is 32.4 Å². The summed E-state index contributed by atoms with van der Waals surface area (Å²) in [6.45, 7) is 5.43. The molecule has 114 valence electrons. The average molecular weight is 298 g/mol. The minimum atomic E-state index is 0.164. The number of piperidine rings is 2. The summed E-state index contributed by atoms with van der Waals surface area (Å²) in [5.41, 5.74) is 0.164. The van der Waals surface area contributed by atoms with Gasteiger partial charge in [0.05, 0.1) is 0 Å². The number of carbonyl (C=O) groups is 2. The summed E-state index contributed by atoms with van der Waals surface area (Å²) in [6.07, 6.45) is 6.53. The second-order valence-corrected chi connectivity index (χ2v) is 7.06. The maximum atomic E-state index is 12.2. The Morgan fingerprint density at radius 3 is 2.85 bits per heavy atom. The zero-order chi connectivity index (χ0) is 14.6. The molecule has 2 fully saturated rings. The number of nitrogens with zero attached hydrogens (tertiary/aromatic N) is 2. The van der Waals surface area contributed by atoms with Gasteiger partial charge in [-0.15, -0.1) is 0 Å². The van der Waals surface area contributed by atoms with Crippen molar-refractivity contribution in [2.75, 3.05) is 38.2 Å². The topological polar surface area (TPSA) is 40.6 Å². The summed E-state index contributed by atoms with van der Waals surface area (Å²) in [5, 5.41) is 0. The first-order valence-electron chi connectivity index (χ1n) is 7.65. The molecule has 0 N–H and O–H groups in total. The second kappa shape index (κ2) is 6.83. The summed E-state index contributed by atoms with van der Waals surface area (Å²) < 4.78 is 0. The molecule has 2 heterocycles.